The van der Waals surface area contributed by atoms with Crippen LogP contribution in [0.1, 0.15) is 17.0 Å². The van der Waals surface area contributed by atoms with Crippen LogP contribution in [0.5, 0.6) is 5.75 Å². The molecule has 0 bridgehead atoms. The first-order valence-electron chi connectivity index (χ1n) is 9.49. The molecule has 0 saturated carbocycles. The summed E-state index contributed by atoms with van der Waals surface area (Å²) in [5, 5.41) is 2.85. The number of benzene rings is 2. The maximum Gasteiger partial charge on any atom is 0.245 e. The lowest BCUT2D eigenvalue weighted by Crippen LogP contribution is -2.29. The summed E-state index contributed by atoms with van der Waals surface area (Å²) in [5.41, 5.74) is 4.30. The first kappa shape index (κ1) is 19.9. The van der Waals surface area contributed by atoms with Crippen LogP contribution < -0.4 is 10.1 Å². The van der Waals surface area contributed by atoms with Crippen LogP contribution in [0.15, 0.2) is 42.5 Å². The van der Waals surface area contributed by atoms with Crippen molar-refractivity contribution in [2.45, 2.75) is 26.8 Å². The van der Waals surface area contributed by atoms with E-state index in [4.69, 9.17) is 14.5 Å². The molecule has 3 rings (SSSR count). The third kappa shape index (κ3) is 4.70. The summed E-state index contributed by atoms with van der Waals surface area (Å²) in [7, 11) is 1.51. The Kier molecular flexibility index (Phi) is 6.66. The standard InChI is InChI=1S/C22H27N3O3/c1-16-7-6-8-17(2)22(16)28-14-13-25-19-10-5-4-9-18(19)24-20(25)11-12-23-21(26)15-27-3/h4-10H,11-15H2,1-3H3,(H,23,26). The van der Waals surface area contributed by atoms with E-state index in [2.05, 4.69) is 41.9 Å². The maximum atomic E-state index is 11.6. The number of ether oxygens (including phenoxy) is 2. The van der Waals surface area contributed by atoms with Crippen molar-refractivity contribution in [3.63, 3.8) is 0 Å². The summed E-state index contributed by atoms with van der Waals surface area (Å²) < 4.78 is 13.1. The van der Waals surface area contributed by atoms with Crippen LogP contribution in [0, 0.1) is 13.8 Å². The van der Waals surface area contributed by atoms with Gasteiger partial charge in [-0.1, -0.05) is 30.3 Å². The van der Waals surface area contributed by atoms with E-state index in [1.54, 1.807) is 0 Å². The van der Waals surface area contributed by atoms with Crippen LogP contribution in [-0.2, 0) is 22.5 Å². The zero-order chi connectivity index (χ0) is 19.9. The van der Waals surface area contributed by atoms with Gasteiger partial charge in [-0.3, -0.25) is 4.79 Å². The molecule has 2 aromatic carbocycles. The predicted octanol–water partition coefficient (Wildman–Crippen LogP) is 3.04. The van der Waals surface area contributed by atoms with Crippen molar-refractivity contribution in [2.75, 3.05) is 26.9 Å². The fourth-order valence-corrected chi connectivity index (χ4v) is 3.33. The molecule has 0 radical (unpaired) electrons. The Morgan fingerprint density at radius 2 is 1.86 bits per heavy atom. The minimum Gasteiger partial charge on any atom is -0.491 e. The van der Waals surface area contributed by atoms with Crippen molar-refractivity contribution in [3.05, 3.63) is 59.4 Å². The number of nitrogens with zero attached hydrogens (tertiary/aromatic N) is 2. The number of methoxy groups -OCH3 is 1. The van der Waals surface area contributed by atoms with Crippen LogP contribution in [-0.4, -0.2) is 42.3 Å². The van der Waals surface area contributed by atoms with Crippen molar-refractivity contribution in [2.24, 2.45) is 0 Å². The van der Waals surface area contributed by atoms with Crippen molar-refractivity contribution < 1.29 is 14.3 Å². The minimum absolute atomic E-state index is 0.0695. The second-order valence-electron chi connectivity index (χ2n) is 6.77. The fourth-order valence-electron chi connectivity index (χ4n) is 3.33. The molecule has 1 N–H and O–H groups in total. The molecule has 1 aromatic heterocycles. The molecule has 1 heterocycles. The third-order valence-corrected chi connectivity index (χ3v) is 4.65. The summed E-state index contributed by atoms with van der Waals surface area (Å²) in [6.07, 6.45) is 0.646. The van der Waals surface area contributed by atoms with E-state index in [-0.39, 0.29) is 12.5 Å². The largest absolute Gasteiger partial charge is 0.491 e. The van der Waals surface area contributed by atoms with Crippen molar-refractivity contribution in [1.29, 1.82) is 0 Å². The van der Waals surface area contributed by atoms with Crippen LogP contribution in [0.4, 0.5) is 0 Å². The van der Waals surface area contributed by atoms with E-state index >= 15 is 0 Å². The number of amides is 1. The monoisotopic (exact) mass is 381 g/mol. The van der Waals surface area contributed by atoms with Gasteiger partial charge >= 0.3 is 0 Å². The Labute approximate surface area is 165 Å². The number of para-hydroxylation sites is 3. The summed E-state index contributed by atoms with van der Waals surface area (Å²) in [4.78, 5) is 16.3. The average molecular weight is 381 g/mol. The lowest BCUT2D eigenvalue weighted by atomic mass is 10.1. The number of aryl methyl sites for hydroxylation is 2. The van der Waals surface area contributed by atoms with Crippen LogP contribution in [0.2, 0.25) is 0 Å². The van der Waals surface area contributed by atoms with E-state index in [1.165, 1.54) is 7.11 Å². The van der Waals surface area contributed by atoms with E-state index in [1.807, 2.05) is 24.3 Å². The van der Waals surface area contributed by atoms with Gasteiger partial charge in [-0.2, -0.15) is 0 Å². The molecule has 6 heteroatoms. The fraction of sp³-hybridized carbons (Fsp3) is 0.364. The molecule has 0 unspecified atom stereocenters. The molecule has 0 aliphatic carbocycles. The van der Waals surface area contributed by atoms with Gasteiger partial charge in [0.05, 0.1) is 17.6 Å². The quantitative estimate of drug-likeness (QED) is 0.619. The molecule has 0 aliphatic rings. The molecule has 3 aromatic rings. The van der Waals surface area contributed by atoms with Crippen LogP contribution >= 0.6 is 0 Å². The van der Waals surface area contributed by atoms with Gasteiger partial charge < -0.3 is 19.4 Å². The Morgan fingerprint density at radius 3 is 2.61 bits per heavy atom. The molecular weight excluding hydrogens is 354 g/mol. The summed E-state index contributed by atoms with van der Waals surface area (Å²) >= 11 is 0. The van der Waals surface area contributed by atoms with Gasteiger partial charge in [0, 0.05) is 20.1 Å². The minimum atomic E-state index is -0.122. The number of nitrogens with one attached hydrogen (secondary N) is 1. The number of carbonyl (C=O) groups excluding carboxylic acids is 1. The number of aromatic nitrogens is 2. The van der Waals surface area contributed by atoms with Gasteiger partial charge in [-0.15, -0.1) is 0 Å². The predicted molar refractivity (Wildman–Crippen MR) is 110 cm³/mol. The highest BCUT2D eigenvalue weighted by atomic mass is 16.5. The zero-order valence-electron chi connectivity index (χ0n) is 16.7. The normalized spacial score (nSPS) is 11.0. The highest BCUT2D eigenvalue weighted by molar-refractivity contribution is 5.77. The van der Waals surface area contributed by atoms with Crippen LogP contribution in [0.25, 0.3) is 11.0 Å². The third-order valence-electron chi connectivity index (χ3n) is 4.65. The molecule has 28 heavy (non-hydrogen) atoms. The number of imidazole rings is 1. The summed E-state index contributed by atoms with van der Waals surface area (Å²) in [6.45, 7) is 5.94. The topological polar surface area (TPSA) is 65.4 Å². The SMILES string of the molecule is COCC(=O)NCCc1nc2ccccc2n1CCOc1c(C)cccc1C. The van der Waals surface area contributed by atoms with Gasteiger partial charge in [-0.25, -0.2) is 4.98 Å². The van der Waals surface area contributed by atoms with Gasteiger partial charge in [-0.05, 0) is 37.1 Å². The average Bonchev–Trinajstić information content (AvgIpc) is 3.02. The van der Waals surface area contributed by atoms with Crippen molar-refractivity contribution in [1.82, 2.24) is 14.9 Å². The Hall–Kier alpha value is -2.86. The van der Waals surface area contributed by atoms with E-state index in [0.29, 0.717) is 26.1 Å². The Balaban J connectivity index is 1.71. The van der Waals surface area contributed by atoms with Gasteiger partial charge in [0.2, 0.25) is 5.91 Å². The van der Waals surface area contributed by atoms with Gasteiger partial charge in [0.25, 0.3) is 0 Å². The van der Waals surface area contributed by atoms with Gasteiger partial charge in [0.15, 0.2) is 0 Å². The van der Waals surface area contributed by atoms with Crippen molar-refractivity contribution >= 4 is 16.9 Å². The number of hydrogen-bond acceptors (Lipinski definition) is 4. The Morgan fingerprint density at radius 1 is 1.11 bits per heavy atom. The molecule has 0 spiro atoms. The zero-order valence-corrected chi connectivity index (χ0v) is 16.7. The molecule has 0 saturated heterocycles. The highest BCUT2D eigenvalue weighted by Gasteiger charge is 2.11. The van der Waals surface area contributed by atoms with E-state index in [0.717, 1.165) is 33.7 Å². The first-order valence-corrected chi connectivity index (χ1v) is 9.49. The molecule has 0 aliphatic heterocycles. The number of rotatable bonds is 9. The second kappa shape index (κ2) is 9.37. The first-order chi connectivity index (χ1) is 13.6. The summed E-state index contributed by atoms with van der Waals surface area (Å²) in [5.74, 6) is 1.76. The molecule has 0 atom stereocenters. The van der Waals surface area contributed by atoms with Gasteiger partial charge in [0.1, 0.15) is 24.8 Å². The second-order valence-corrected chi connectivity index (χ2v) is 6.77. The van der Waals surface area contributed by atoms with E-state index < -0.39 is 0 Å². The van der Waals surface area contributed by atoms with Crippen LogP contribution in [0.3, 0.4) is 0 Å². The molecular formula is C22H27N3O3. The number of carbonyl (C=O) groups is 1. The smallest absolute Gasteiger partial charge is 0.245 e. The maximum absolute atomic E-state index is 11.6. The highest BCUT2D eigenvalue weighted by Crippen LogP contribution is 2.23. The number of fused-ring (bicyclic) bond motifs is 1. The lowest BCUT2D eigenvalue weighted by molar-refractivity contribution is -0.124. The molecule has 6 nitrogen and oxygen atoms in total. The molecule has 0 fully saturated rings. The molecule has 1 amide bonds. The lowest BCUT2D eigenvalue weighted by Gasteiger charge is -2.14. The number of hydrogen-bond donors (Lipinski definition) is 1. The van der Waals surface area contributed by atoms with Crippen molar-refractivity contribution in [3.8, 4) is 5.75 Å². The molecule has 148 valence electrons. The summed E-state index contributed by atoms with van der Waals surface area (Å²) in [6, 6.07) is 14.2. The Bertz CT molecular complexity index is 929. The van der Waals surface area contributed by atoms with E-state index in [9.17, 15) is 4.79 Å².